The van der Waals surface area contributed by atoms with Crippen LogP contribution in [0, 0.1) is 0 Å². The number of benzene rings is 2. The van der Waals surface area contributed by atoms with Gasteiger partial charge >= 0.3 is 0 Å². The molecule has 0 amide bonds. The molecule has 2 unspecified atom stereocenters. The van der Waals surface area contributed by atoms with Crippen molar-refractivity contribution in [2.75, 3.05) is 20.1 Å². The quantitative estimate of drug-likeness (QED) is 0.528. The van der Waals surface area contributed by atoms with Crippen molar-refractivity contribution in [3.8, 4) is 22.8 Å². The molecular formula is C24H28ClNO5. The first-order chi connectivity index (χ1) is 14.8. The van der Waals surface area contributed by atoms with E-state index in [1.807, 2.05) is 11.9 Å². The lowest BCUT2D eigenvalue weighted by Crippen LogP contribution is -2.40. The van der Waals surface area contributed by atoms with E-state index in [4.69, 9.17) is 16.0 Å². The SMILES string of the molecule is CCC.CN1CCC(c2c(O)cc(O)c3c(=O)cc(-c4ccccc4Cl)oc23)C(O)C1. The van der Waals surface area contributed by atoms with Crippen molar-refractivity contribution in [1.82, 2.24) is 4.90 Å². The Morgan fingerprint density at radius 2 is 1.84 bits per heavy atom. The topological polar surface area (TPSA) is 94.1 Å². The number of β-amino-alcohol motifs (C(OH)–C–C–N with tert-alkyl or cyclic N) is 1. The van der Waals surface area contributed by atoms with Gasteiger partial charge in [0.25, 0.3) is 0 Å². The monoisotopic (exact) mass is 445 g/mol. The van der Waals surface area contributed by atoms with Crippen LogP contribution in [0.3, 0.4) is 0 Å². The molecule has 0 radical (unpaired) electrons. The summed E-state index contributed by atoms with van der Waals surface area (Å²) in [6.07, 6.45) is 1.08. The van der Waals surface area contributed by atoms with Gasteiger partial charge in [-0.3, -0.25) is 4.79 Å². The summed E-state index contributed by atoms with van der Waals surface area (Å²) < 4.78 is 6.00. The number of rotatable bonds is 2. The predicted octanol–water partition coefficient (Wildman–Crippen LogP) is 4.72. The number of aliphatic hydroxyl groups excluding tert-OH is 1. The normalized spacial score (nSPS) is 19.1. The molecule has 1 saturated heterocycles. The van der Waals surface area contributed by atoms with Gasteiger partial charge < -0.3 is 24.6 Å². The number of aromatic hydroxyl groups is 2. The van der Waals surface area contributed by atoms with E-state index in [9.17, 15) is 20.1 Å². The predicted molar refractivity (Wildman–Crippen MR) is 123 cm³/mol. The molecule has 166 valence electrons. The third-order valence-electron chi connectivity index (χ3n) is 5.29. The summed E-state index contributed by atoms with van der Waals surface area (Å²) in [6.45, 7) is 5.40. The number of hydrogen-bond acceptors (Lipinski definition) is 6. The minimum atomic E-state index is -0.744. The Bertz CT molecular complexity index is 1130. The van der Waals surface area contributed by atoms with Crippen molar-refractivity contribution in [3.63, 3.8) is 0 Å². The number of phenolic OH excluding ortho intramolecular Hbond substituents is 2. The number of aliphatic hydroxyl groups is 1. The van der Waals surface area contributed by atoms with Crippen LogP contribution in [0.4, 0.5) is 0 Å². The zero-order chi connectivity index (χ0) is 22.7. The van der Waals surface area contributed by atoms with Gasteiger partial charge in [0, 0.05) is 35.7 Å². The Balaban J connectivity index is 0.000000858. The van der Waals surface area contributed by atoms with Crippen molar-refractivity contribution < 1.29 is 19.7 Å². The fourth-order valence-corrected chi connectivity index (χ4v) is 4.13. The van der Waals surface area contributed by atoms with Crippen molar-refractivity contribution >= 4 is 22.6 Å². The lowest BCUT2D eigenvalue weighted by Gasteiger charge is -2.34. The summed E-state index contributed by atoms with van der Waals surface area (Å²) in [6, 6.07) is 9.35. The van der Waals surface area contributed by atoms with Gasteiger partial charge in [0.05, 0.1) is 11.1 Å². The molecule has 0 saturated carbocycles. The van der Waals surface area contributed by atoms with Crippen LogP contribution in [0.5, 0.6) is 11.5 Å². The van der Waals surface area contributed by atoms with E-state index >= 15 is 0 Å². The maximum absolute atomic E-state index is 12.8. The molecule has 1 fully saturated rings. The molecule has 31 heavy (non-hydrogen) atoms. The highest BCUT2D eigenvalue weighted by molar-refractivity contribution is 6.33. The second-order valence-electron chi connectivity index (χ2n) is 7.92. The maximum atomic E-state index is 12.8. The average molecular weight is 446 g/mol. The summed E-state index contributed by atoms with van der Waals surface area (Å²) in [5.74, 6) is -0.767. The number of halogens is 1. The molecule has 1 aliphatic heterocycles. The zero-order valence-corrected chi connectivity index (χ0v) is 18.7. The van der Waals surface area contributed by atoms with E-state index in [-0.39, 0.29) is 28.2 Å². The van der Waals surface area contributed by atoms with E-state index in [0.717, 1.165) is 12.6 Å². The fraction of sp³-hybridized carbons (Fsp3) is 0.375. The van der Waals surface area contributed by atoms with Crippen LogP contribution in [0.2, 0.25) is 5.02 Å². The molecule has 1 aromatic heterocycles. The molecule has 3 N–H and O–H groups in total. The Labute approximate surface area is 186 Å². The number of likely N-dealkylation sites (tertiary alicyclic amines) is 1. The average Bonchev–Trinajstić information content (AvgIpc) is 2.69. The van der Waals surface area contributed by atoms with Crippen molar-refractivity contribution in [2.24, 2.45) is 0 Å². The van der Waals surface area contributed by atoms with Gasteiger partial charge in [-0.15, -0.1) is 0 Å². The first-order valence-electron chi connectivity index (χ1n) is 10.4. The molecule has 2 aromatic carbocycles. The standard InChI is InChI=1S/C21H20ClNO5.C3H8/c1-23-7-6-12(17(27)10-23)19-14(24)8-15(25)20-16(26)9-18(28-21(19)20)11-4-2-3-5-13(11)22;1-3-2/h2-5,8-9,12,17,24-25,27H,6-7,10H2,1H3;3H2,1-2H3. The zero-order valence-electron chi connectivity index (χ0n) is 17.9. The van der Waals surface area contributed by atoms with Gasteiger partial charge in [-0.25, -0.2) is 0 Å². The van der Waals surface area contributed by atoms with Crippen LogP contribution in [-0.2, 0) is 0 Å². The van der Waals surface area contributed by atoms with Crippen LogP contribution in [0.15, 0.2) is 45.6 Å². The third kappa shape index (κ3) is 4.71. The van der Waals surface area contributed by atoms with Gasteiger partial charge in [-0.1, -0.05) is 44.0 Å². The molecule has 2 atom stereocenters. The number of fused-ring (bicyclic) bond motifs is 1. The first kappa shape index (κ1) is 23.1. The second kappa shape index (κ2) is 9.73. The second-order valence-corrected chi connectivity index (χ2v) is 8.33. The summed E-state index contributed by atoms with van der Waals surface area (Å²) in [7, 11) is 1.91. The molecule has 2 heterocycles. The Hall–Kier alpha value is -2.54. The fourth-order valence-electron chi connectivity index (χ4n) is 3.90. The van der Waals surface area contributed by atoms with E-state index < -0.39 is 17.5 Å². The molecule has 4 rings (SSSR count). The van der Waals surface area contributed by atoms with Crippen molar-refractivity contribution in [3.05, 3.63) is 57.2 Å². The number of hydrogen-bond donors (Lipinski definition) is 3. The van der Waals surface area contributed by atoms with Crippen LogP contribution >= 0.6 is 11.6 Å². The first-order valence-corrected chi connectivity index (χ1v) is 10.8. The Kier molecular flexibility index (Phi) is 7.26. The van der Waals surface area contributed by atoms with Crippen LogP contribution in [0.1, 0.15) is 38.2 Å². The Morgan fingerprint density at radius 1 is 1.16 bits per heavy atom. The molecule has 6 nitrogen and oxygen atoms in total. The molecule has 0 spiro atoms. The van der Waals surface area contributed by atoms with Gasteiger partial charge in [0.15, 0.2) is 5.43 Å². The summed E-state index contributed by atoms with van der Waals surface area (Å²) >= 11 is 6.25. The molecule has 0 bridgehead atoms. The van der Waals surface area contributed by atoms with Gasteiger partial charge in [-0.2, -0.15) is 0 Å². The van der Waals surface area contributed by atoms with Gasteiger partial charge in [-0.05, 0) is 32.1 Å². The smallest absolute Gasteiger partial charge is 0.197 e. The van der Waals surface area contributed by atoms with E-state index in [2.05, 4.69) is 13.8 Å². The summed E-state index contributed by atoms with van der Waals surface area (Å²) in [5, 5.41) is 31.8. The summed E-state index contributed by atoms with van der Waals surface area (Å²) in [4.78, 5) is 14.8. The van der Waals surface area contributed by atoms with Gasteiger partial charge in [0.2, 0.25) is 0 Å². The van der Waals surface area contributed by atoms with E-state index in [0.29, 0.717) is 29.1 Å². The van der Waals surface area contributed by atoms with Crippen molar-refractivity contribution in [1.29, 1.82) is 0 Å². The van der Waals surface area contributed by atoms with E-state index in [1.165, 1.54) is 12.5 Å². The van der Waals surface area contributed by atoms with Crippen LogP contribution in [-0.4, -0.2) is 46.5 Å². The highest BCUT2D eigenvalue weighted by Gasteiger charge is 2.33. The lowest BCUT2D eigenvalue weighted by atomic mass is 9.85. The molecule has 3 aromatic rings. The van der Waals surface area contributed by atoms with Gasteiger partial charge in [0.1, 0.15) is 28.2 Å². The largest absolute Gasteiger partial charge is 0.507 e. The summed E-state index contributed by atoms with van der Waals surface area (Å²) in [5.41, 5.74) is 0.492. The lowest BCUT2D eigenvalue weighted by molar-refractivity contribution is 0.0630. The molecule has 1 aliphatic rings. The number of piperidine rings is 1. The number of likely N-dealkylation sites (N-methyl/N-ethyl adjacent to an activating group) is 1. The number of phenols is 2. The van der Waals surface area contributed by atoms with Crippen LogP contribution < -0.4 is 5.43 Å². The van der Waals surface area contributed by atoms with E-state index in [1.54, 1.807) is 24.3 Å². The number of nitrogens with zero attached hydrogens (tertiary/aromatic N) is 1. The van der Waals surface area contributed by atoms with Crippen molar-refractivity contribution in [2.45, 2.75) is 38.7 Å². The maximum Gasteiger partial charge on any atom is 0.197 e. The Morgan fingerprint density at radius 3 is 2.48 bits per heavy atom. The molecular weight excluding hydrogens is 418 g/mol. The minimum absolute atomic E-state index is 0.0188. The highest BCUT2D eigenvalue weighted by Crippen LogP contribution is 2.42. The van der Waals surface area contributed by atoms with Crippen LogP contribution in [0.25, 0.3) is 22.3 Å². The highest BCUT2D eigenvalue weighted by atomic mass is 35.5. The third-order valence-corrected chi connectivity index (χ3v) is 5.62. The molecule has 0 aliphatic carbocycles. The molecule has 7 heteroatoms. The minimum Gasteiger partial charge on any atom is -0.507 e.